The molecule has 0 heterocycles. The van der Waals surface area contributed by atoms with Crippen molar-refractivity contribution in [3.8, 4) is 0 Å². The highest BCUT2D eigenvalue weighted by atomic mass is 15.1. The average Bonchev–Trinajstić information content (AvgIpc) is 2.28. The third-order valence-electron chi connectivity index (χ3n) is 3.32. The summed E-state index contributed by atoms with van der Waals surface area (Å²) in [4.78, 5) is 2.60. The molecule has 0 aliphatic carbocycles. The molecule has 2 heteroatoms. The van der Waals surface area contributed by atoms with Crippen molar-refractivity contribution in [3.63, 3.8) is 0 Å². The van der Waals surface area contributed by atoms with Gasteiger partial charge >= 0.3 is 0 Å². The second-order valence-corrected chi connectivity index (χ2v) is 5.04. The molecule has 0 aromatic carbocycles. The highest BCUT2D eigenvalue weighted by Gasteiger charge is 2.09. The van der Waals surface area contributed by atoms with E-state index >= 15 is 0 Å². The first-order valence-corrected chi connectivity index (χ1v) is 7.09. The minimum Gasteiger partial charge on any atom is -0.314 e. The molecule has 0 aliphatic rings. The molecule has 0 bridgehead atoms. The Labute approximate surface area is 103 Å². The van der Waals surface area contributed by atoms with Crippen LogP contribution in [0.15, 0.2) is 0 Å². The van der Waals surface area contributed by atoms with Gasteiger partial charge in [0, 0.05) is 12.6 Å². The highest BCUT2D eigenvalue weighted by Crippen LogP contribution is 2.09. The minimum atomic E-state index is 0.620. The maximum absolute atomic E-state index is 3.48. The standard InChI is InChI=1S/C14H32N2/c1-6-14(7-2)12-16(8-3)11-9-10-15-13(4)5/h13-15H,6-12H2,1-5H3. The van der Waals surface area contributed by atoms with E-state index < -0.39 is 0 Å². The van der Waals surface area contributed by atoms with Gasteiger partial charge in [-0.25, -0.2) is 0 Å². The van der Waals surface area contributed by atoms with Gasteiger partial charge in [-0.3, -0.25) is 0 Å². The van der Waals surface area contributed by atoms with Crippen molar-refractivity contribution >= 4 is 0 Å². The molecular weight excluding hydrogens is 196 g/mol. The second kappa shape index (κ2) is 10.1. The maximum atomic E-state index is 3.48. The normalized spacial score (nSPS) is 12.0. The van der Waals surface area contributed by atoms with Crippen LogP contribution in [0.2, 0.25) is 0 Å². The van der Waals surface area contributed by atoms with Crippen molar-refractivity contribution < 1.29 is 0 Å². The molecule has 16 heavy (non-hydrogen) atoms. The molecule has 0 fully saturated rings. The summed E-state index contributed by atoms with van der Waals surface area (Å²) in [6.07, 6.45) is 3.90. The summed E-state index contributed by atoms with van der Waals surface area (Å²) < 4.78 is 0. The number of nitrogens with zero attached hydrogens (tertiary/aromatic N) is 1. The van der Waals surface area contributed by atoms with Gasteiger partial charge in [0.05, 0.1) is 0 Å². The molecule has 1 N–H and O–H groups in total. The SMILES string of the molecule is CCC(CC)CN(CC)CCCNC(C)C. The Hall–Kier alpha value is -0.0800. The van der Waals surface area contributed by atoms with Crippen LogP contribution in [0.1, 0.15) is 53.9 Å². The molecule has 0 aromatic heterocycles. The Balaban J connectivity index is 3.65. The summed E-state index contributed by atoms with van der Waals surface area (Å²) in [6, 6.07) is 0.620. The predicted molar refractivity (Wildman–Crippen MR) is 73.9 cm³/mol. The maximum Gasteiger partial charge on any atom is 0.00103 e. The third kappa shape index (κ3) is 8.12. The lowest BCUT2D eigenvalue weighted by Gasteiger charge is -2.25. The molecule has 2 nitrogen and oxygen atoms in total. The zero-order chi connectivity index (χ0) is 12.4. The fourth-order valence-electron chi connectivity index (χ4n) is 1.98. The zero-order valence-electron chi connectivity index (χ0n) is 12.1. The van der Waals surface area contributed by atoms with Crippen LogP contribution in [0.4, 0.5) is 0 Å². The molecule has 0 unspecified atom stereocenters. The molecule has 0 amide bonds. The molecule has 0 spiro atoms. The van der Waals surface area contributed by atoms with Crippen LogP contribution >= 0.6 is 0 Å². The summed E-state index contributed by atoms with van der Waals surface area (Å²) in [5.74, 6) is 0.887. The second-order valence-electron chi connectivity index (χ2n) is 5.04. The zero-order valence-corrected chi connectivity index (χ0v) is 12.1. The Morgan fingerprint density at radius 3 is 2.12 bits per heavy atom. The van der Waals surface area contributed by atoms with Crippen LogP contribution in [-0.2, 0) is 0 Å². The van der Waals surface area contributed by atoms with E-state index in [0.29, 0.717) is 6.04 Å². The van der Waals surface area contributed by atoms with Crippen molar-refractivity contribution in [3.05, 3.63) is 0 Å². The van der Waals surface area contributed by atoms with Gasteiger partial charge in [0.2, 0.25) is 0 Å². The fourth-order valence-corrected chi connectivity index (χ4v) is 1.98. The van der Waals surface area contributed by atoms with Gasteiger partial charge in [-0.2, -0.15) is 0 Å². The van der Waals surface area contributed by atoms with E-state index in [0.717, 1.165) is 12.5 Å². The van der Waals surface area contributed by atoms with Crippen LogP contribution in [0.3, 0.4) is 0 Å². The monoisotopic (exact) mass is 228 g/mol. The topological polar surface area (TPSA) is 15.3 Å². The largest absolute Gasteiger partial charge is 0.314 e. The highest BCUT2D eigenvalue weighted by molar-refractivity contribution is 4.64. The molecule has 0 aliphatic heterocycles. The first kappa shape index (κ1) is 15.9. The number of hydrogen-bond donors (Lipinski definition) is 1. The van der Waals surface area contributed by atoms with E-state index in [9.17, 15) is 0 Å². The summed E-state index contributed by atoms with van der Waals surface area (Å²) in [7, 11) is 0. The predicted octanol–water partition coefficient (Wildman–Crippen LogP) is 3.13. The Bertz CT molecular complexity index is 142. The summed E-state index contributed by atoms with van der Waals surface area (Å²) in [5, 5.41) is 3.48. The van der Waals surface area contributed by atoms with Crippen LogP contribution in [0, 0.1) is 5.92 Å². The Morgan fingerprint density at radius 1 is 1.06 bits per heavy atom. The van der Waals surface area contributed by atoms with E-state index in [1.165, 1.54) is 38.9 Å². The van der Waals surface area contributed by atoms with Gasteiger partial charge in [0.15, 0.2) is 0 Å². The number of rotatable bonds is 10. The quantitative estimate of drug-likeness (QED) is 0.578. The van der Waals surface area contributed by atoms with Gasteiger partial charge in [0.1, 0.15) is 0 Å². The average molecular weight is 228 g/mol. The molecular formula is C14H32N2. The van der Waals surface area contributed by atoms with E-state index in [1.54, 1.807) is 0 Å². The van der Waals surface area contributed by atoms with E-state index in [4.69, 9.17) is 0 Å². The van der Waals surface area contributed by atoms with Crippen LogP contribution in [0.25, 0.3) is 0 Å². The van der Waals surface area contributed by atoms with Crippen LogP contribution < -0.4 is 5.32 Å². The van der Waals surface area contributed by atoms with E-state index in [1.807, 2.05) is 0 Å². The van der Waals surface area contributed by atoms with Gasteiger partial charge < -0.3 is 10.2 Å². The molecule has 0 radical (unpaired) electrons. The number of hydrogen-bond acceptors (Lipinski definition) is 2. The van der Waals surface area contributed by atoms with Crippen LogP contribution in [-0.4, -0.2) is 37.1 Å². The van der Waals surface area contributed by atoms with Crippen LogP contribution in [0.5, 0.6) is 0 Å². The summed E-state index contributed by atoms with van der Waals surface area (Å²) >= 11 is 0. The Morgan fingerprint density at radius 2 is 1.69 bits per heavy atom. The van der Waals surface area contributed by atoms with Gasteiger partial charge in [0.25, 0.3) is 0 Å². The number of nitrogens with one attached hydrogen (secondary N) is 1. The fraction of sp³-hybridized carbons (Fsp3) is 1.00. The van der Waals surface area contributed by atoms with Crippen molar-refractivity contribution in [2.24, 2.45) is 5.92 Å². The first-order valence-electron chi connectivity index (χ1n) is 7.09. The Kier molecular flexibility index (Phi) is 10.0. The van der Waals surface area contributed by atoms with E-state index in [-0.39, 0.29) is 0 Å². The summed E-state index contributed by atoms with van der Waals surface area (Å²) in [5.41, 5.74) is 0. The van der Waals surface area contributed by atoms with Gasteiger partial charge in [-0.05, 0) is 32.0 Å². The molecule has 0 rings (SSSR count). The molecule has 98 valence electrons. The lowest BCUT2D eigenvalue weighted by atomic mass is 10.0. The molecule has 0 saturated heterocycles. The smallest absolute Gasteiger partial charge is 0.00103 e. The van der Waals surface area contributed by atoms with Crippen molar-refractivity contribution in [2.75, 3.05) is 26.2 Å². The minimum absolute atomic E-state index is 0.620. The van der Waals surface area contributed by atoms with Crippen molar-refractivity contribution in [2.45, 2.75) is 59.9 Å². The van der Waals surface area contributed by atoms with Gasteiger partial charge in [-0.1, -0.05) is 47.5 Å². The summed E-state index contributed by atoms with van der Waals surface area (Å²) in [6.45, 7) is 16.2. The lowest BCUT2D eigenvalue weighted by molar-refractivity contribution is 0.230. The first-order chi connectivity index (χ1) is 7.63. The van der Waals surface area contributed by atoms with Crippen molar-refractivity contribution in [1.82, 2.24) is 10.2 Å². The molecule has 0 saturated carbocycles. The molecule has 0 aromatic rings. The van der Waals surface area contributed by atoms with Crippen molar-refractivity contribution in [1.29, 1.82) is 0 Å². The van der Waals surface area contributed by atoms with Gasteiger partial charge in [-0.15, -0.1) is 0 Å². The lowest BCUT2D eigenvalue weighted by Crippen LogP contribution is -2.33. The molecule has 0 atom stereocenters. The van der Waals surface area contributed by atoms with E-state index in [2.05, 4.69) is 44.8 Å². The third-order valence-corrected chi connectivity index (χ3v) is 3.32.